The first kappa shape index (κ1) is 33.9. The number of benzene rings is 3. The third kappa shape index (κ3) is 5.31. The van der Waals surface area contributed by atoms with Gasteiger partial charge in [0, 0.05) is 66.4 Å². The number of aliphatic hydroxyl groups excluding tert-OH is 4. The van der Waals surface area contributed by atoms with Crippen LogP contribution < -0.4 is 14.5 Å². The zero-order valence-electron chi connectivity index (χ0n) is 28.7. The molecule has 264 valence electrons. The van der Waals surface area contributed by atoms with Crippen LogP contribution in [-0.4, -0.2) is 103 Å². The standard InChI is InChI=1S/C37H44N6O7/c1-5-40(6-2)23-13-15-27-29(17-23)49-30-18-24(41(7-3)8-4)14-16-28(30)37(27)26-12-10-9-11-25(26)35(47)43(37)20-22-19-42(39-38-22)21-31-32(44)33(45)34(46)36(48)50-31/h9-19,31-34,36,44-46,48H,5-8,20-21H2,1-4H3/t31?,32-,33?,34-,36-/m0/s1. The van der Waals surface area contributed by atoms with E-state index in [1.54, 1.807) is 6.20 Å². The molecule has 0 radical (unpaired) electrons. The Morgan fingerprint density at radius 2 is 1.38 bits per heavy atom. The monoisotopic (exact) mass is 684 g/mol. The maximum Gasteiger partial charge on any atom is 0.255 e. The number of hydrogen-bond donors (Lipinski definition) is 4. The fourth-order valence-corrected chi connectivity index (χ4v) is 7.75. The van der Waals surface area contributed by atoms with Crippen molar-refractivity contribution in [3.8, 4) is 11.5 Å². The molecule has 3 aliphatic heterocycles. The Labute approximate surface area is 290 Å². The third-order valence-corrected chi connectivity index (χ3v) is 10.3. The van der Waals surface area contributed by atoms with Crippen LogP contribution in [0.4, 0.5) is 11.4 Å². The van der Waals surface area contributed by atoms with E-state index in [0.717, 1.165) is 54.2 Å². The fourth-order valence-electron chi connectivity index (χ4n) is 7.75. The summed E-state index contributed by atoms with van der Waals surface area (Å²) in [6, 6.07) is 20.1. The van der Waals surface area contributed by atoms with Gasteiger partial charge in [-0.3, -0.25) is 4.79 Å². The van der Waals surface area contributed by atoms with E-state index in [9.17, 15) is 25.2 Å². The minimum atomic E-state index is -1.67. The molecule has 5 atom stereocenters. The van der Waals surface area contributed by atoms with Gasteiger partial charge in [0.25, 0.3) is 5.91 Å². The quantitative estimate of drug-likeness (QED) is 0.195. The first-order valence-electron chi connectivity index (χ1n) is 17.3. The first-order chi connectivity index (χ1) is 24.2. The number of amides is 1. The Bertz CT molecular complexity index is 1810. The van der Waals surface area contributed by atoms with E-state index >= 15 is 0 Å². The lowest BCUT2D eigenvalue weighted by atomic mass is 9.74. The molecule has 13 nitrogen and oxygen atoms in total. The van der Waals surface area contributed by atoms with Gasteiger partial charge in [-0.1, -0.05) is 35.5 Å². The molecule has 1 aromatic heterocycles. The molecule has 3 aliphatic rings. The van der Waals surface area contributed by atoms with Crippen molar-refractivity contribution in [1.82, 2.24) is 19.9 Å². The van der Waals surface area contributed by atoms with Crippen molar-refractivity contribution < 1.29 is 34.7 Å². The largest absolute Gasteiger partial charge is 0.456 e. The average Bonchev–Trinajstić information content (AvgIpc) is 3.67. The molecule has 1 saturated heterocycles. The van der Waals surface area contributed by atoms with E-state index in [1.807, 2.05) is 29.2 Å². The molecule has 7 rings (SSSR count). The van der Waals surface area contributed by atoms with Crippen molar-refractivity contribution in [1.29, 1.82) is 0 Å². The molecule has 50 heavy (non-hydrogen) atoms. The summed E-state index contributed by atoms with van der Waals surface area (Å²) in [6.07, 6.45) is -5.76. The summed E-state index contributed by atoms with van der Waals surface area (Å²) in [5, 5.41) is 49.2. The number of carbonyl (C=O) groups is 1. The van der Waals surface area contributed by atoms with Gasteiger partial charge < -0.3 is 44.6 Å². The molecular weight excluding hydrogens is 640 g/mol. The lowest BCUT2D eigenvalue weighted by Crippen LogP contribution is -2.58. The number of fused-ring (bicyclic) bond motifs is 6. The van der Waals surface area contributed by atoms with Crippen molar-refractivity contribution >= 4 is 17.3 Å². The molecule has 4 aromatic rings. The Morgan fingerprint density at radius 3 is 1.98 bits per heavy atom. The van der Waals surface area contributed by atoms with Gasteiger partial charge in [-0.05, 0) is 51.5 Å². The van der Waals surface area contributed by atoms with Crippen LogP contribution in [0.1, 0.15) is 60.4 Å². The Morgan fingerprint density at radius 1 is 0.780 bits per heavy atom. The molecule has 13 heteroatoms. The molecule has 2 unspecified atom stereocenters. The number of aromatic nitrogens is 3. The zero-order valence-corrected chi connectivity index (χ0v) is 28.7. The van der Waals surface area contributed by atoms with Gasteiger partial charge in [0.1, 0.15) is 47.1 Å². The zero-order chi connectivity index (χ0) is 35.3. The number of hydrogen-bond acceptors (Lipinski definition) is 11. The van der Waals surface area contributed by atoms with E-state index in [1.165, 1.54) is 4.68 Å². The maximum absolute atomic E-state index is 14.6. The second-order valence-electron chi connectivity index (χ2n) is 12.9. The molecule has 0 aliphatic carbocycles. The summed E-state index contributed by atoms with van der Waals surface area (Å²) in [5.41, 5.74) is 4.56. The maximum atomic E-state index is 14.6. The molecule has 4 N–H and O–H groups in total. The van der Waals surface area contributed by atoms with Gasteiger partial charge >= 0.3 is 0 Å². The highest BCUT2D eigenvalue weighted by Crippen LogP contribution is 2.58. The topological polar surface area (TPSA) is 157 Å². The highest BCUT2D eigenvalue weighted by Gasteiger charge is 2.56. The van der Waals surface area contributed by atoms with Gasteiger partial charge in [0.2, 0.25) is 0 Å². The summed E-state index contributed by atoms with van der Waals surface area (Å²) >= 11 is 0. The van der Waals surface area contributed by atoms with Gasteiger partial charge in [-0.25, -0.2) is 4.68 Å². The highest BCUT2D eigenvalue weighted by atomic mass is 16.6. The van der Waals surface area contributed by atoms with Crippen molar-refractivity contribution in [3.63, 3.8) is 0 Å². The predicted octanol–water partition coefficient (Wildman–Crippen LogP) is 2.82. The van der Waals surface area contributed by atoms with Crippen molar-refractivity contribution in [3.05, 3.63) is 94.8 Å². The second-order valence-corrected chi connectivity index (χ2v) is 12.9. The van der Waals surface area contributed by atoms with Crippen LogP contribution in [0.5, 0.6) is 11.5 Å². The molecule has 3 aromatic carbocycles. The van der Waals surface area contributed by atoms with Crippen LogP contribution in [-0.2, 0) is 23.4 Å². The summed E-state index contributed by atoms with van der Waals surface area (Å²) in [6.45, 7) is 11.8. The Kier molecular flexibility index (Phi) is 9.03. The van der Waals surface area contributed by atoms with E-state index in [-0.39, 0.29) is 19.0 Å². The van der Waals surface area contributed by atoms with Crippen LogP contribution in [0.25, 0.3) is 0 Å². The molecular formula is C37H44N6O7. The summed E-state index contributed by atoms with van der Waals surface area (Å²) in [4.78, 5) is 20.9. The SMILES string of the molecule is CCN(CC)c1ccc2c(c1)Oc1cc(N(CC)CC)ccc1C21c2ccccc2C(=O)N1Cc1cn(CC2O[C@H](O)[C@@H](O)C(O)[C@H]2O)nn1. The van der Waals surface area contributed by atoms with E-state index in [4.69, 9.17) is 9.47 Å². The minimum Gasteiger partial charge on any atom is -0.456 e. The van der Waals surface area contributed by atoms with Crippen molar-refractivity contribution in [2.45, 2.75) is 77.0 Å². The smallest absolute Gasteiger partial charge is 0.255 e. The Balaban J connectivity index is 1.35. The average molecular weight is 685 g/mol. The minimum absolute atomic E-state index is 0.0594. The van der Waals surface area contributed by atoms with Gasteiger partial charge in [-0.15, -0.1) is 5.10 Å². The first-order valence-corrected chi connectivity index (χ1v) is 17.3. The number of carbonyl (C=O) groups excluding carboxylic acids is 1. The van der Waals surface area contributed by atoms with Crippen LogP contribution in [0.15, 0.2) is 66.9 Å². The number of rotatable bonds is 10. The number of aliphatic hydroxyl groups is 4. The molecule has 1 fully saturated rings. The number of ether oxygens (including phenoxy) is 2. The lowest BCUT2D eigenvalue weighted by molar-refractivity contribution is -0.284. The molecule has 1 spiro atoms. The number of nitrogens with zero attached hydrogens (tertiary/aromatic N) is 6. The van der Waals surface area contributed by atoms with Crippen molar-refractivity contribution in [2.24, 2.45) is 0 Å². The highest BCUT2D eigenvalue weighted by molar-refractivity contribution is 6.02. The molecule has 0 bridgehead atoms. The normalized spacial score (nSPS) is 23.3. The van der Waals surface area contributed by atoms with Crippen LogP contribution in [0.3, 0.4) is 0 Å². The molecule has 0 saturated carbocycles. The van der Waals surface area contributed by atoms with Crippen molar-refractivity contribution in [2.75, 3.05) is 36.0 Å². The Hall–Kier alpha value is -4.53. The number of anilines is 2. The summed E-state index contributed by atoms with van der Waals surface area (Å²) in [7, 11) is 0. The third-order valence-electron chi connectivity index (χ3n) is 10.3. The van der Waals surface area contributed by atoms with Gasteiger partial charge in [-0.2, -0.15) is 0 Å². The summed E-state index contributed by atoms with van der Waals surface area (Å²) < 4.78 is 13.6. The van der Waals surface area contributed by atoms with Gasteiger partial charge in [0.15, 0.2) is 6.29 Å². The van der Waals surface area contributed by atoms with E-state index in [0.29, 0.717) is 22.8 Å². The predicted molar refractivity (Wildman–Crippen MR) is 185 cm³/mol. The second kappa shape index (κ2) is 13.3. The fraction of sp³-hybridized carbons (Fsp3) is 0.432. The van der Waals surface area contributed by atoms with E-state index < -0.39 is 36.2 Å². The van der Waals surface area contributed by atoms with Crippen LogP contribution >= 0.6 is 0 Å². The van der Waals surface area contributed by atoms with Gasteiger partial charge in [0.05, 0.1) is 19.3 Å². The lowest BCUT2D eigenvalue weighted by Gasteiger charge is -2.44. The molecule has 1 amide bonds. The van der Waals surface area contributed by atoms with E-state index in [2.05, 4.69) is 84.2 Å². The summed E-state index contributed by atoms with van der Waals surface area (Å²) in [5.74, 6) is 1.17. The van der Waals surface area contributed by atoms with Crippen LogP contribution in [0, 0.1) is 0 Å². The van der Waals surface area contributed by atoms with Crippen LogP contribution in [0.2, 0.25) is 0 Å². The molecule has 4 heterocycles.